The Balaban J connectivity index is 1.88. The minimum Gasteiger partial charge on any atom is -0.239 e. The maximum Gasteiger partial charge on any atom is 0.179 e. The summed E-state index contributed by atoms with van der Waals surface area (Å²) in [6, 6.07) is 17.4. The first-order valence-electron chi connectivity index (χ1n) is 9.38. The quantitative estimate of drug-likeness (QED) is 0.639. The highest BCUT2D eigenvalue weighted by molar-refractivity contribution is 5.54. The first-order chi connectivity index (χ1) is 12.6. The molecule has 3 rings (SSSR count). The maximum absolute atomic E-state index is 3.98. The number of aromatic amines is 1. The minimum atomic E-state index is 0.520. The van der Waals surface area contributed by atoms with Gasteiger partial charge in [-0.15, -0.1) is 5.10 Å². The Kier molecular flexibility index (Phi) is 5.82. The van der Waals surface area contributed by atoms with Gasteiger partial charge in [0, 0.05) is 11.5 Å². The van der Waals surface area contributed by atoms with Crippen molar-refractivity contribution in [2.45, 2.75) is 46.5 Å². The van der Waals surface area contributed by atoms with Crippen molar-refractivity contribution in [2.75, 3.05) is 0 Å². The van der Waals surface area contributed by atoms with E-state index in [9.17, 15) is 0 Å². The number of tetrazole rings is 1. The largest absolute Gasteiger partial charge is 0.239 e. The number of hydrogen-bond donors (Lipinski definition) is 1. The first kappa shape index (κ1) is 18.3. The lowest BCUT2D eigenvalue weighted by molar-refractivity contribution is 0.571. The summed E-state index contributed by atoms with van der Waals surface area (Å²) >= 11 is 0. The molecule has 1 atom stereocenters. The van der Waals surface area contributed by atoms with Crippen molar-refractivity contribution in [1.29, 1.82) is 0 Å². The Morgan fingerprint density at radius 3 is 2.35 bits per heavy atom. The van der Waals surface area contributed by atoms with Crippen LogP contribution in [0, 0.1) is 11.8 Å². The van der Waals surface area contributed by atoms with Gasteiger partial charge in [0.1, 0.15) is 0 Å². The van der Waals surface area contributed by atoms with Crippen LogP contribution in [-0.4, -0.2) is 20.6 Å². The van der Waals surface area contributed by atoms with E-state index < -0.39 is 0 Å². The van der Waals surface area contributed by atoms with E-state index in [1.807, 2.05) is 0 Å². The summed E-state index contributed by atoms with van der Waals surface area (Å²) in [6.07, 6.45) is 2.11. The van der Waals surface area contributed by atoms with E-state index in [2.05, 4.69) is 96.9 Å². The molecule has 1 unspecified atom stereocenters. The van der Waals surface area contributed by atoms with Crippen molar-refractivity contribution >= 4 is 0 Å². The average Bonchev–Trinajstić information content (AvgIpc) is 3.20. The van der Waals surface area contributed by atoms with Gasteiger partial charge in [-0.05, 0) is 45.4 Å². The zero-order valence-corrected chi connectivity index (χ0v) is 16.0. The van der Waals surface area contributed by atoms with Crippen molar-refractivity contribution < 1.29 is 0 Å². The second-order valence-corrected chi connectivity index (χ2v) is 7.20. The van der Waals surface area contributed by atoms with E-state index in [-0.39, 0.29) is 0 Å². The van der Waals surface area contributed by atoms with Gasteiger partial charge in [-0.3, -0.25) is 0 Å². The molecule has 0 fully saturated rings. The van der Waals surface area contributed by atoms with Crippen LogP contribution in [0.15, 0.2) is 48.5 Å². The van der Waals surface area contributed by atoms with Crippen LogP contribution >= 0.6 is 0 Å². The van der Waals surface area contributed by atoms with Gasteiger partial charge in [0.05, 0.1) is 0 Å². The smallest absolute Gasteiger partial charge is 0.179 e. The maximum atomic E-state index is 3.98. The highest BCUT2D eigenvalue weighted by Gasteiger charge is 2.22. The lowest BCUT2D eigenvalue weighted by Crippen LogP contribution is -2.16. The lowest BCUT2D eigenvalue weighted by Gasteiger charge is -2.26. The van der Waals surface area contributed by atoms with Crippen LogP contribution in [0.5, 0.6) is 0 Å². The van der Waals surface area contributed by atoms with Crippen molar-refractivity contribution in [3.63, 3.8) is 0 Å². The fraction of sp³-hybridized carbons (Fsp3) is 0.364. The number of aromatic nitrogens is 4. The fourth-order valence-electron chi connectivity index (χ4n) is 3.36. The third kappa shape index (κ3) is 4.01. The molecule has 0 saturated heterocycles. The SMILES string of the molecule is CCC(C)[C](Cc1ccc(-c2nnn[nH]2)cc1)c1ccccc1C(C)C. The predicted molar refractivity (Wildman–Crippen MR) is 106 cm³/mol. The molecule has 0 aliphatic rings. The highest BCUT2D eigenvalue weighted by Crippen LogP contribution is 2.34. The molecular formula is C22H27N4. The Bertz CT molecular complexity index is 806. The van der Waals surface area contributed by atoms with Crippen LogP contribution < -0.4 is 0 Å². The number of nitrogens with zero attached hydrogens (tertiary/aromatic N) is 3. The summed E-state index contributed by atoms with van der Waals surface area (Å²) in [7, 11) is 0. The Labute approximate surface area is 156 Å². The number of rotatable bonds is 7. The molecule has 0 bridgehead atoms. The molecule has 26 heavy (non-hydrogen) atoms. The summed E-state index contributed by atoms with van der Waals surface area (Å²) in [4.78, 5) is 0. The Morgan fingerprint density at radius 2 is 1.73 bits per heavy atom. The third-order valence-electron chi connectivity index (χ3n) is 5.10. The van der Waals surface area contributed by atoms with Gasteiger partial charge in [-0.25, -0.2) is 5.10 Å². The van der Waals surface area contributed by atoms with E-state index in [1.54, 1.807) is 0 Å². The molecule has 0 spiro atoms. The van der Waals surface area contributed by atoms with Crippen molar-refractivity contribution in [3.05, 3.63) is 71.1 Å². The van der Waals surface area contributed by atoms with E-state index >= 15 is 0 Å². The van der Waals surface area contributed by atoms with Gasteiger partial charge >= 0.3 is 0 Å². The third-order valence-corrected chi connectivity index (χ3v) is 5.10. The van der Waals surface area contributed by atoms with Crippen LogP contribution in [-0.2, 0) is 6.42 Å². The zero-order chi connectivity index (χ0) is 18.5. The summed E-state index contributed by atoms with van der Waals surface area (Å²) in [5.74, 6) is 3.29. The lowest BCUT2D eigenvalue weighted by atomic mass is 9.77. The Morgan fingerprint density at radius 1 is 1.00 bits per heavy atom. The molecule has 4 nitrogen and oxygen atoms in total. The predicted octanol–water partition coefficient (Wildman–Crippen LogP) is 5.20. The van der Waals surface area contributed by atoms with Crippen LogP contribution in [0.25, 0.3) is 11.4 Å². The summed E-state index contributed by atoms with van der Waals surface area (Å²) in [5.41, 5.74) is 5.18. The Hall–Kier alpha value is -2.49. The van der Waals surface area contributed by atoms with E-state index in [1.165, 1.54) is 22.6 Å². The molecule has 3 aromatic rings. The van der Waals surface area contributed by atoms with Gasteiger partial charge < -0.3 is 0 Å². The van der Waals surface area contributed by atoms with E-state index in [4.69, 9.17) is 0 Å². The van der Waals surface area contributed by atoms with Crippen LogP contribution in [0.1, 0.15) is 56.7 Å². The molecule has 0 aliphatic carbocycles. The van der Waals surface area contributed by atoms with Gasteiger partial charge in [0.15, 0.2) is 5.82 Å². The number of benzene rings is 2. The molecule has 0 amide bonds. The molecular weight excluding hydrogens is 320 g/mol. The molecule has 2 aromatic carbocycles. The van der Waals surface area contributed by atoms with Gasteiger partial charge in [-0.1, -0.05) is 82.6 Å². The number of H-pyrrole nitrogens is 1. The van der Waals surface area contributed by atoms with Crippen molar-refractivity contribution in [2.24, 2.45) is 5.92 Å². The zero-order valence-electron chi connectivity index (χ0n) is 16.0. The van der Waals surface area contributed by atoms with E-state index in [0.717, 1.165) is 18.4 Å². The summed E-state index contributed by atoms with van der Waals surface area (Å²) in [5, 5.41) is 14.1. The summed E-state index contributed by atoms with van der Waals surface area (Å²) in [6.45, 7) is 9.14. The topological polar surface area (TPSA) is 54.5 Å². The molecule has 1 aromatic heterocycles. The molecule has 0 saturated carbocycles. The fourth-order valence-corrected chi connectivity index (χ4v) is 3.36. The molecule has 4 heteroatoms. The highest BCUT2D eigenvalue weighted by atomic mass is 15.5. The van der Waals surface area contributed by atoms with Crippen LogP contribution in [0.4, 0.5) is 0 Å². The normalized spacial score (nSPS) is 12.7. The molecule has 1 radical (unpaired) electrons. The number of hydrogen-bond acceptors (Lipinski definition) is 3. The second-order valence-electron chi connectivity index (χ2n) is 7.20. The molecule has 1 N–H and O–H groups in total. The van der Waals surface area contributed by atoms with E-state index in [0.29, 0.717) is 17.7 Å². The van der Waals surface area contributed by atoms with Gasteiger partial charge in [0.2, 0.25) is 0 Å². The van der Waals surface area contributed by atoms with Gasteiger partial charge in [0.25, 0.3) is 0 Å². The van der Waals surface area contributed by atoms with Crippen molar-refractivity contribution in [3.8, 4) is 11.4 Å². The van der Waals surface area contributed by atoms with Crippen LogP contribution in [0.2, 0.25) is 0 Å². The van der Waals surface area contributed by atoms with Gasteiger partial charge in [-0.2, -0.15) is 0 Å². The monoisotopic (exact) mass is 347 g/mol. The molecule has 1 heterocycles. The number of nitrogens with one attached hydrogen (secondary N) is 1. The minimum absolute atomic E-state index is 0.520. The first-order valence-corrected chi connectivity index (χ1v) is 9.38. The molecule has 135 valence electrons. The van der Waals surface area contributed by atoms with Crippen LogP contribution in [0.3, 0.4) is 0 Å². The standard InChI is InChI=1S/C22H27N4/c1-5-16(4)21(20-9-7-6-8-19(20)15(2)3)14-17-10-12-18(13-11-17)22-23-25-26-24-22/h6-13,15-16H,5,14H2,1-4H3,(H,23,24,25,26). The second kappa shape index (κ2) is 8.26. The average molecular weight is 347 g/mol. The molecule has 0 aliphatic heterocycles. The van der Waals surface area contributed by atoms with Crippen molar-refractivity contribution in [1.82, 2.24) is 20.6 Å². The summed E-state index contributed by atoms with van der Waals surface area (Å²) < 4.78 is 0.